The highest BCUT2D eigenvalue weighted by Crippen LogP contribution is 2.31. The quantitative estimate of drug-likeness (QED) is 0.359. The Morgan fingerprint density at radius 1 is 0.850 bits per heavy atom. The van der Waals surface area contributed by atoms with Crippen LogP contribution in [0.15, 0.2) is 89.7 Å². The van der Waals surface area contributed by atoms with Crippen molar-refractivity contribution in [2.75, 3.05) is 26.2 Å². The first-order valence-corrected chi connectivity index (χ1v) is 13.8. The predicted molar refractivity (Wildman–Crippen MR) is 158 cm³/mol. The predicted octanol–water partition coefficient (Wildman–Crippen LogP) is 4.63. The number of nitrogens with two attached hydrogens (primary N) is 1. The summed E-state index contributed by atoms with van der Waals surface area (Å²) in [4.78, 5) is 44.0. The van der Waals surface area contributed by atoms with Crippen LogP contribution in [-0.4, -0.2) is 52.5 Å². The van der Waals surface area contributed by atoms with Gasteiger partial charge in [-0.2, -0.15) is 0 Å². The fourth-order valence-corrected chi connectivity index (χ4v) is 5.67. The van der Waals surface area contributed by atoms with Crippen LogP contribution in [0.1, 0.15) is 54.0 Å². The number of urea groups is 1. The number of fused-ring (bicyclic) bond motifs is 1. The van der Waals surface area contributed by atoms with Crippen molar-refractivity contribution in [3.05, 3.63) is 112 Å². The highest BCUT2D eigenvalue weighted by atomic mass is 16.2. The Morgan fingerprint density at radius 3 is 2.02 bits per heavy atom. The van der Waals surface area contributed by atoms with Gasteiger partial charge < -0.3 is 16.0 Å². The summed E-state index contributed by atoms with van der Waals surface area (Å²) in [6.45, 7) is 6.18. The number of benzene rings is 3. The van der Waals surface area contributed by atoms with Crippen LogP contribution < -0.4 is 16.6 Å². The second-order valence-corrected chi connectivity index (χ2v) is 10.2. The third-order valence-corrected chi connectivity index (χ3v) is 7.85. The van der Waals surface area contributed by atoms with E-state index in [1.54, 1.807) is 15.5 Å². The Morgan fingerprint density at radius 2 is 1.43 bits per heavy atom. The lowest BCUT2D eigenvalue weighted by molar-refractivity contribution is 0.0925. The lowest BCUT2D eigenvalue weighted by Gasteiger charge is -2.38. The zero-order valence-electron chi connectivity index (χ0n) is 22.9. The normalized spacial score (nSPS) is 15.5. The fourth-order valence-electron chi connectivity index (χ4n) is 5.67. The number of amides is 3. The van der Waals surface area contributed by atoms with Gasteiger partial charge in [-0.1, -0.05) is 73.7 Å². The van der Waals surface area contributed by atoms with Gasteiger partial charge in [0.2, 0.25) is 0 Å². The first kappa shape index (κ1) is 27.1. The molecule has 2 atom stereocenters. The summed E-state index contributed by atoms with van der Waals surface area (Å²) in [7, 11) is 0. The summed E-state index contributed by atoms with van der Waals surface area (Å²) in [5.41, 5.74) is 8.18. The van der Waals surface area contributed by atoms with Crippen LogP contribution in [0.4, 0.5) is 4.79 Å². The number of primary amides is 1. The Hall–Kier alpha value is -4.43. The Labute approximate surface area is 234 Å². The molecule has 3 aromatic carbocycles. The number of para-hydroxylation sites is 1. The molecule has 0 spiro atoms. The molecular formula is C32H35N5O3. The molecule has 1 unspecified atom stereocenters. The Balaban J connectivity index is 1.70. The highest BCUT2D eigenvalue weighted by Gasteiger charge is 2.32. The monoisotopic (exact) mass is 537 g/mol. The van der Waals surface area contributed by atoms with Crippen molar-refractivity contribution in [3.8, 4) is 5.69 Å². The number of rotatable bonds is 7. The lowest BCUT2D eigenvalue weighted by Crippen LogP contribution is -2.51. The van der Waals surface area contributed by atoms with Gasteiger partial charge in [-0.05, 0) is 37.1 Å². The number of nitrogens with one attached hydrogen (secondary N) is 1. The second-order valence-electron chi connectivity index (χ2n) is 10.2. The number of piperazine rings is 1. The fraction of sp³-hybridized carbons (Fsp3) is 0.281. The minimum absolute atomic E-state index is 0.175. The van der Waals surface area contributed by atoms with Gasteiger partial charge in [0.25, 0.3) is 11.5 Å². The number of nitrogens with zero attached hydrogens (tertiary/aromatic N) is 3. The van der Waals surface area contributed by atoms with Crippen LogP contribution in [0.5, 0.6) is 0 Å². The topological polar surface area (TPSA) is 101 Å². The van der Waals surface area contributed by atoms with Gasteiger partial charge in [0, 0.05) is 48.7 Å². The summed E-state index contributed by atoms with van der Waals surface area (Å²) in [5, 5.41) is 4.38. The molecule has 2 heterocycles. The van der Waals surface area contributed by atoms with Gasteiger partial charge in [0.05, 0.1) is 17.3 Å². The standard InChI is InChI=1S/C32H35N5O3/c1-3-27(23-12-6-4-7-13-23)34-30(38)28-25-16-10-11-17-26(25)31(39)37(24-14-8-5-9-15-24)29(28)22(2)35-18-20-36(21-19-35)32(33)40/h4-17,22,27H,3,18-21H2,1-2H3,(H2,33,40)(H,34,38)/t22?,27-/m0/s1. The molecule has 3 amide bonds. The Bertz CT molecular complexity index is 1560. The molecule has 1 aromatic heterocycles. The molecule has 0 radical (unpaired) electrons. The minimum Gasteiger partial charge on any atom is -0.351 e. The van der Waals surface area contributed by atoms with Crippen LogP contribution >= 0.6 is 0 Å². The molecule has 40 heavy (non-hydrogen) atoms. The van der Waals surface area contributed by atoms with Gasteiger partial charge in [-0.25, -0.2) is 4.79 Å². The number of aromatic nitrogens is 1. The molecule has 206 valence electrons. The van der Waals surface area contributed by atoms with Gasteiger partial charge in [-0.3, -0.25) is 19.1 Å². The van der Waals surface area contributed by atoms with E-state index >= 15 is 0 Å². The van der Waals surface area contributed by atoms with E-state index in [0.29, 0.717) is 60.3 Å². The number of carbonyl (C=O) groups excluding carboxylic acids is 2. The average Bonchev–Trinajstić information content (AvgIpc) is 3.00. The molecule has 1 saturated heterocycles. The maximum atomic E-state index is 14.3. The van der Waals surface area contributed by atoms with Crippen LogP contribution in [-0.2, 0) is 0 Å². The van der Waals surface area contributed by atoms with E-state index in [9.17, 15) is 14.4 Å². The van der Waals surface area contributed by atoms with Crippen LogP contribution in [0.2, 0.25) is 0 Å². The van der Waals surface area contributed by atoms with Crippen LogP contribution in [0, 0.1) is 0 Å². The van der Waals surface area contributed by atoms with Gasteiger partial charge in [0.1, 0.15) is 0 Å². The van der Waals surface area contributed by atoms with Crippen molar-refractivity contribution >= 4 is 22.7 Å². The molecule has 8 nitrogen and oxygen atoms in total. The average molecular weight is 538 g/mol. The summed E-state index contributed by atoms with van der Waals surface area (Å²) >= 11 is 0. The number of carbonyl (C=O) groups is 2. The van der Waals surface area contributed by atoms with E-state index in [-0.39, 0.29) is 23.6 Å². The van der Waals surface area contributed by atoms with Crippen molar-refractivity contribution < 1.29 is 9.59 Å². The van der Waals surface area contributed by atoms with Crippen LogP contribution in [0.25, 0.3) is 16.5 Å². The van der Waals surface area contributed by atoms with E-state index in [2.05, 4.69) is 10.2 Å². The third-order valence-electron chi connectivity index (χ3n) is 7.85. The van der Waals surface area contributed by atoms with Crippen molar-refractivity contribution in [2.45, 2.75) is 32.4 Å². The van der Waals surface area contributed by atoms with Crippen LogP contribution in [0.3, 0.4) is 0 Å². The summed E-state index contributed by atoms with van der Waals surface area (Å²) < 4.78 is 1.69. The van der Waals surface area contributed by atoms with E-state index in [4.69, 9.17) is 5.73 Å². The smallest absolute Gasteiger partial charge is 0.314 e. The van der Waals surface area contributed by atoms with E-state index < -0.39 is 6.03 Å². The zero-order valence-corrected chi connectivity index (χ0v) is 22.9. The lowest BCUT2D eigenvalue weighted by atomic mass is 9.96. The largest absolute Gasteiger partial charge is 0.351 e. The molecule has 5 rings (SSSR count). The maximum absolute atomic E-state index is 14.3. The number of pyridine rings is 1. The molecule has 3 N–H and O–H groups in total. The van der Waals surface area contributed by atoms with Gasteiger partial charge >= 0.3 is 6.03 Å². The number of hydrogen-bond acceptors (Lipinski definition) is 4. The first-order valence-electron chi connectivity index (χ1n) is 13.8. The minimum atomic E-state index is -0.439. The SMILES string of the molecule is CC[C@H](NC(=O)c1c(C(C)N2CCN(C(N)=O)CC2)n(-c2ccccc2)c(=O)c2ccccc12)c1ccccc1. The summed E-state index contributed by atoms with van der Waals surface area (Å²) in [6, 6.07) is 25.8. The third kappa shape index (κ3) is 5.22. The van der Waals surface area contributed by atoms with Crippen molar-refractivity contribution in [2.24, 2.45) is 5.73 Å². The van der Waals surface area contributed by atoms with Crippen molar-refractivity contribution in [1.29, 1.82) is 0 Å². The maximum Gasteiger partial charge on any atom is 0.314 e. The second kappa shape index (κ2) is 11.8. The molecule has 0 aliphatic carbocycles. The molecule has 1 aliphatic heterocycles. The Kier molecular flexibility index (Phi) is 7.98. The van der Waals surface area contributed by atoms with Gasteiger partial charge in [0.15, 0.2) is 0 Å². The molecule has 0 bridgehead atoms. The highest BCUT2D eigenvalue weighted by molar-refractivity contribution is 6.08. The van der Waals surface area contributed by atoms with Crippen molar-refractivity contribution in [3.63, 3.8) is 0 Å². The van der Waals surface area contributed by atoms with E-state index in [0.717, 1.165) is 5.56 Å². The molecular weight excluding hydrogens is 502 g/mol. The van der Waals surface area contributed by atoms with E-state index in [1.807, 2.05) is 92.7 Å². The van der Waals surface area contributed by atoms with E-state index in [1.165, 1.54) is 0 Å². The zero-order chi connectivity index (χ0) is 28.2. The first-order chi connectivity index (χ1) is 19.4. The molecule has 4 aromatic rings. The summed E-state index contributed by atoms with van der Waals surface area (Å²) in [5.74, 6) is -0.228. The van der Waals surface area contributed by atoms with Crippen molar-refractivity contribution in [1.82, 2.24) is 19.7 Å². The molecule has 1 fully saturated rings. The molecule has 0 saturated carbocycles. The molecule has 1 aliphatic rings. The summed E-state index contributed by atoms with van der Waals surface area (Å²) in [6.07, 6.45) is 0.714. The van der Waals surface area contributed by atoms with Gasteiger partial charge in [-0.15, -0.1) is 0 Å². The number of hydrogen-bond donors (Lipinski definition) is 2. The molecule has 8 heteroatoms.